The van der Waals surface area contributed by atoms with Gasteiger partial charge in [0.15, 0.2) is 11.6 Å². The number of rotatable bonds is 4. The van der Waals surface area contributed by atoms with Crippen LogP contribution in [0.1, 0.15) is 51.6 Å². The van der Waals surface area contributed by atoms with Crippen molar-refractivity contribution in [2.24, 2.45) is 5.92 Å². The predicted octanol–water partition coefficient (Wildman–Crippen LogP) is 2.43. The van der Waals surface area contributed by atoms with Crippen molar-refractivity contribution in [3.63, 3.8) is 0 Å². The maximum absolute atomic E-state index is 13.2. The number of benzene rings is 2. The number of carbonyl (C=O) groups is 3. The summed E-state index contributed by atoms with van der Waals surface area (Å²) in [5, 5.41) is 0. The van der Waals surface area contributed by atoms with Crippen molar-refractivity contribution in [2.75, 3.05) is 19.7 Å². The van der Waals surface area contributed by atoms with Gasteiger partial charge in [0.25, 0.3) is 0 Å². The van der Waals surface area contributed by atoms with Gasteiger partial charge in [0.05, 0.1) is 17.4 Å². The summed E-state index contributed by atoms with van der Waals surface area (Å²) < 4.78 is 32.7. The molecule has 1 atom stereocenters. The fraction of sp³-hybridized carbons (Fsp3) is 0.318. The quantitative estimate of drug-likeness (QED) is 0.593. The molecule has 30 heavy (non-hydrogen) atoms. The zero-order valence-corrected chi connectivity index (χ0v) is 17.3. The van der Waals surface area contributed by atoms with E-state index in [1.54, 1.807) is 31.2 Å². The Kier molecular flexibility index (Phi) is 5.29. The molecule has 0 saturated carbocycles. The zero-order chi connectivity index (χ0) is 21.5. The van der Waals surface area contributed by atoms with Crippen LogP contribution in [0.25, 0.3) is 0 Å². The molecular weight excluding hydrogens is 406 g/mol. The number of nitrogens with zero attached hydrogens (tertiary/aromatic N) is 1. The minimum atomic E-state index is -3.93. The minimum Gasteiger partial charge on any atom is -0.466 e. The molecule has 7 nitrogen and oxygen atoms in total. The highest BCUT2D eigenvalue weighted by atomic mass is 32.2. The standard InChI is InChI=1S/C22H21NO6S/c1-2-29-22(26)14-6-5-11-23(13-14)30(27,28)15-9-10-18-19(12-15)21(25)17-8-4-3-7-16(17)20(18)24/h3-4,7-10,12,14H,2,5-6,11,13H2,1H3. The molecule has 2 aliphatic rings. The molecule has 0 bridgehead atoms. The summed E-state index contributed by atoms with van der Waals surface area (Å²) >= 11 is 0. The fourth-order valence-corrected chi connectivity index (χ4v) is 5.55. The molecule has 0 aromatic heterocycles. The normalized spacial score (nSPS) is 19.2. The summed E-state index contributed by atoms with van der Waals surface area (Å²) in [6.45, 7) is 2.27. The highest BCUT2D eigenvalue weighted by molar-refractivity contribution is 7.89. The van der Waals surface area contributed by atoms with Crippen LogP contribution in [-0.2, 0) is 19.6 Å². The molecule has 1 fully saturated rings. The summed E-state index contributed by atoms with van der Waals surface area (Å²) in [5.41, 5.74) is 0.864. The second kappa shape index (κ2) is 7.77. The third-order valence-corrected chi connectivity index (χ3v) is 7.40. The van der Waals surface area contributed by atoms with Crippen LogP contribution in [-0.4, -0.2) is 50.0 Å². The van der Waals surface area contributed by atoms with Gasteiger partial charge in [-0.3, -0.25) is 14.4 Å². The Balaban J connectivity index is 1.67. The Bertz CT molecular complexity index is 1150. The minimum absolute atomic E-state index is 0.0357. The van der Waals surface area contributed by atoms with Gasteiger partial charge in [0, 0.05) is 35.3 Å². The first-order chi connectivity index (χ1) is 14.3. The Hall–Kier alpha value is -2.84. The summed E-state index contributed by atoms with van der Waals surface area (Å²) in [7, 11) is -3.93. The molecule has 1 aliphatic heterocycles. The average Bonchev–Trinajstić information content (AvgIpc) is 2.77. The molecule has 0 radical (unpaired) electrons. The van der Waals surface area contributed by atoms with Gasteiger partial charge >= 0.3 is 5.97 Å². The Morgan fingerprint density at radius 3 is 2.33 bits per heavy atom. The van der Waals surface area contributed by atoms with Gasteiger partial charge in [-0.2, -0.15) is 4.31 Å². The number of hydrogen-bond donors (Lipinski definition) is 0. The largest absolute Gasteiger partial charge is 0.466 e. The lowest BCUT2D eigenvalue weighted by molar-refractivity contribution is -0.149. The SMILES string of the molecule is CCOC(=O)C1CCCN(S(=O)(=O)c2ccc3c(c2)C(=O)c2ccccc2C3=O)C1. The van der Waals surface area contributed by atoms with Crippen LogP contribution in [0, 0.1) is 5.92 Å². The van der Waals surface area contributed by atoms with Crippen LogP contribution < -0.4 is 0 Å². The van der Waals surface area contributed by atoms with E-state index in [-0.39, 0.29) is 52.8 Å². The van der Waals surface area contributed by atoms with Gasteiger partial charge < -0.3 is 4.74 Å². The lowest BCUT2D eigenvalue weighted by Crippen LogP contribution is -2.42. The van der Waals surface area contributed by atoms with E-state index < -0.39 is 21.9 Å². The van der Waals surface area contributed by atoms with E-state index in [1.165, 1.54) is 22.5 Å². The van der Waals surface area contributed by atoms with Crippen molar-refractivity contribution < 1.29 is 27.5 Å². The van der Waals surface area contributed by atoms with Crippen molar-refractivity contribution in [1.29, 1.82) is 0 Å². The molecule has 1 aliphatic carbocycles. The van der Waals surface area contributed by atoms with Crippen LogP contribution >= 0.6 is 0 Å². The Morgan fingerprint density at radius 1 is 1.03 bits per heavy atom. The lowest BCUT2D eigenvalue weighted by Gasteiger charge is -2.31. The maximum atomic E-state index is 13.2. The van der Waals surface area contributed by atoms with Gasteiger partial charge in [-0.25, -0.2) is 8.42 Å². The van der Waals surface area contributed by atoms with Crippen molar-refractivity contribution in [2.45, 2.75) is 24.7 Å². The molecule has 0 spiro atoms. The third-order valence-electron chi connectivity index (χ3n) is 5.54. The average molecular weight is 427 g/mol. The van der Waals surface area contributed by atoms with Crippen LogP contribution in [0.4, 0.5) is 0 Å². The highest BCUT2D eigenvalue weighted by Crippen LogP contribution is 2.31. The number of ketones is 2. The highest BCUT2D eigenvalue weighted by Gasteiger charge is 2.36. The van der Waals surface area contributed by atoms with Crippen LogP contribution in [0.2, 0.25) is 0 Å². The van der Waals surface area contributed by atoms with Gasteiger partial charge in [-0.15, -0.1) is 0 Å². The molecular formula is C22H21NO6S. The molecule has 1 heterocycles. The molecule has 2 aromatic rings. The Labute approximate surface area is 174 Å². The molecule has 1 unspecified atom stereocenters. The zero-order valence-electron chi connectivity index (χ0n) is 16.5. The molecule has 156 valence electrons. The van der Waals surface area contributed by atoms with Crippen LogP contribution in [0.3, 0.4) is 0 Å². The first-order valence-electron chi connectivity index (χ1n) is 9.84. The molecule has 8 heteroatoms. The summed E-state index contributed by atoms with van der Waals surface area (Å²) in [5.74, 6) is -1.59. The van der Waals surface area contributed by atoms with E-state index in [9.17, 15) is 22.8 Å². The molecule has 0 N–H and O–H groups in total. The van der Waals surface area contributed by atoms with E-state index in [0.717, 1.165) is 0 Å². The van der Waals surface area contributed by atoms with Gasteiger partial charge in [-0.1, -0.05) is 24.3 Å². The van der Waals surface area contributed by atoms with Crippen LogP contribution in [0.5, 0.6) is 0 Å². The van der Waals surface area contributed by atoms with Gasteiger partial charge in [0.1, 0.15) is 0 Å². The topological polar surface area (TPSA) is 97.8 Å². The third kappa shape index (κ3) is 3.36. The van der Waals surface area contributed by atoms with Gasteiger partial charge in [0.2, 0.25) is 10.0 Å². The number of sulfonamides is 1. The van der Waals surface area contributed by atoms with Gasteiger partial charge in [-0.05, 0) is 38.0 Å². The number of hydrogen-bond acceptors (Lipinski definition) is 6. The molecule has 1 saturated heterocycles. The molecule has 2 aromatic carbocycles. The maximum Gasteiger partial charge on any atom is 0.310 e. The number of piperidine rings is 1. The smallest absolute Gasteiger partial charge is 0.310 e. The molecule has 4 rings (SSSR count). The number of ether oxygens (including phenoxy) is 1. The first-order valence-corrected chi connectivity index (χ1v) is 11.3. The number of fused-ring (bicyclic) bond motifs is 2. The van der Waals surface area contributed by atoms with E-state index in [2.05, 4.69) is 0 Å². The fourth-order valence-electron chi connectivity index (χ4n) is 4.00. The van der Waals surface area contributed by atoms with E-state index in [4.69, 9.17) is 4.74 Å². The summed E-state index contributed by atoms with van der Waals surface area (Å²) in [4.78, 5) is 37.6. The number of carbonyl (C=O) groups excluding carboxylic acids is 3. The second-order valence-corrected chi connectivity index (χ2v) is 9.30. The van der Waals surface area contributed by atoms with Crippen molar-refractivity contribution in [3.8, 4) is 0 Å². The monoisotopic (exact) mass is 427 g/mol. The van der Waals surface area contributed by atoms with E-state index in [1.807, 2.05) is 0 Å². The molecule has 0 amide bonds. The summed E-state index contributed by atoms with van der Waals surface area (Å²) in [6, 6.07) is 10.5. The first kappa shape index (κ1) is 20.4. The van der Waals surface area contributed by atoms with Crippen molar-refractivity contribution >= 4 is 27.6 Å². The lowest BCUT2D eigenvalue weighted by atomic mass is 9.84. The Morgan fingerprint density at radius 2 is 1.67 bits per heavy atom. The van der Waals surface area contributed by atoms with E-state index >= 15 is 0 Å². The van der Waals surface area contributed by atoms with E-state index in [0.29, 0.717) is 18.4 Å². The predicted molar refractivity (Wildman–Crippen MR) is 108 cm³/mol. The second-order valence-electron chi connectivity index (χ2n) is 7.37. The van der Waals surface area contributed by atoms with Crippen molar-refractivity contribution in [3.05, 3.63) is 64.7 Å². The number of esters is 1. The summed E-state index contributed by atoms with van der Waals surface area (Å²) in [6.07, 6.45) is 1.11. The van der Waals surface area contributed by atoms with Crippen LogP contribution in [0.15, 0.2) is 47.4 Å². The van der Waals surface area contributed by atoms with Crippen molar-refractivity contribution in [1.82, 2.24) is 4.31 Å².